The zero-order valence-electron chi connectivity index (χ0n) is 12.4. The van der Waals surface area contributed by atoms with Crippen LogP contribution in [-0.2, 0) is 9.59 Å². The van der Waals surface area contributed by atoms with Crippen molar-refractivity contribution in [1.82, 2.24) is 5.32 Å². The second-order valence-electron chi connectivity index (χ2n) is 4.78. The quantitative estimate of drug-likeness (QED) is 0.518. The molecule has 0 bridgehead atoms. The number of primary amides is 1. The molecule has 0 heterocycles. The molecule has 1 atom stereocenters. The van der Waals surface area contributed by atoms with Gasteiger partial charge in [0.05, 0.1) is 0 Å². The molecule has 0 aliphatic heterocycles. The smallest absolute Gasteiger partial charge is 0.251 e. The van der Waals surface area contributed by atoms with Gasteiger partial charge in [-0.1, -0.05) is 0 Å². The molecule has 0 saturated carbocycles. The minimum Gasteiger partial charge on any atom is -0.368 e. The number of hydrogen-bond acceptors (Lipinski definition) is 3. The van der Waals surface area contributed by atoms with E-state index in [1.165, 1.54) is 6.92 Å². The number of amides is 3. The SMILES string of the molecule is C#CCCC[C@@H](NC(=O)c1ccc(NC(C)=O)cc1)C(N)=O. The van der Waals surface area contributed by atoms with E-state index in [1.54, 1.807) is 24.3 Å². The number of nitrogens with two attached hydrogens (primary N) is 1. The molecular formula is C16H19N3O3. The number of unbranched alkanes of at least 4 members (excludes halogenated alkanes) is 1. The summed E-state index contributed by atoms with van der Waals surface area (Å²) < 4.78 is 0. The van der Waals surface area contributed by atoms with E-state index in [0.29, 0.717) is 30.5 Å². The van der Waals surface area contributed by atoms with Crippen molar-refractivity contribution >= 4 is 23.4 Å². The van der Waals surface area contributed by atoms with Crippen molar-refractivity contribution in [3.8, 4) is 12.3 Å². The molecule has 0 aromatic heterocycles. The Labute approximate surface area is 129 Å². The Bertz CT molecular complexity index is 588. The van der Waals surface area contributed by atoms with Crippen molar-refractivity contribution in [2.24, 2.45) is 5.73 Å². The van der Waals surface area contributed by atoms with E-state index in [-0.39, 0.29) is 5.91 Å². The minimum absolute atomic E-state index is 0.195. The molecule has 0 fully saturated rings. The van der Waals surface area contributed by atoms with Crippen LogP contribution in [0, 0.1) is 12.3 Å². The van der Waals surface area contributed by atoms with Crippen LogP contribution in [0.3, 0.4) is 0 Å². The van der Waals surface area contributed by atoms with Crippen LogP contribution in [0.5, 0.6) is 0 Å². The molecule has 3 amide bonds. The fraction of sp³-hybridized carbons (Fsp3) is 0.312. The van der Waals surface area contributed by atoms with Gasteiger partial charge < -0.3 is 16.4 Å². The first-order chi connectivity index (χ1) is 10.4. The van der Waals surface area contributed by atoms with E-state index in [9.17, 15) is 14.4 Å². The summed E-state index contributed by atoms with van der Waals surface area (Å²) in [6.45, 7) is 1.40. The number of carbonyl (C=O) groups excluding carboxylic acids is 3. The topological polar surface area (TPSA) is 101 Å². The predicted octanol–water partition coefficient (Wildman–Crippen LogP) is 1.03. The number of benzene rings is 1. The summed E-state index contributed by atoms with van der Waals surface area (Å²) in [6, 6.07) is 5.57. The lowest BCUT2D eigenvalue weighted by atomic mass is 10.1. The summed E-state index contributed by atoms with van der Waals surface area (Å²) in [5, 5.41) is 5.18. The van der Waals surface area contributed by atoms with Crippen LogP contribution < -0.4 is 16.4 Å². The molecule has 0 radical (unpaired) electrons. The molecule has 116 valence electrons. The van der Waals surface area contributed by atoms with Crippen molar-refractivity contribution < 1.29 is 14.4 Å². The third-order valence-electron chi connectivity index (χ3n) is 2.93. The Kier molecular flexibility index (Phi) is 6.64. The molecule has 0 aliphatic rings. The number of anilines is 1. The third-order valence-corrected chi connectivity index (χ3v) is 2.93. The fourth-order valence-electron chi connectivity index (χ4n) is 1.84. The molecule has 4 N–H and O–H groups in total. The van der Waals surface area contributed by atoms with Crippen LogP contribution in [0.4, 0.5) is 5.69 Å². The first-order valence-electron chi connectivity index (χ1n) is 6.85. The largest absolute Gasteiger partial charge is 0.368 e. The van der Waals surface area contributed by atoms with Crippen molar-refractivity contribution in [3.05, 3.63) is 29.8 Å². The lowest BCUT2D eigenvalue weighted by Gasteiger charge is -2.15. The highest BCUT2D eigenvalue weighted by Gasteiger charge is 2.18. The second kappa shape index (κ2) is 8.47. The van der Waals surface area contributed by atoms with E-state index in [0.717, 1.165) is 0 Å². The normalized spacial score (nSPS) is 11.1. The van der Waals surface area contributed by atoms with Gasteiger partial charge in [0.25, 0.3) is 5.91 Å². The van der Waals surface area contributed by atoms with Gasteiger partial charge in [0.1, 0.15) is 6.04 Å². The highest BCUT2D eigenvalue weighted by atomic mass is 16.2. The zero-order chi connectivity index (χ0) is 16.5. The van der Waals surface area contributed by atoms with Crippen LogP contribution in [-0.4, -0.2) is 23.8 Å². The Hall–Kier alpha value is -2.81. The molecule has 6 heteroatoms. The van der Waals surface area contributed by atoms with Gasteiger partial charge in [-0.15, -0.1) is 12.3 Å². The fourth-order valence-corrected chi connectivity index (χ4v) is 1.84. The maximum Gasteiger partial charge on any atom is 0.251 e. The van der Waals surface area contributed by atoms with Crippen LogP contribution in [0.2, 0.25) is 0 Å². The molecule has 1 rings (SSSR count). The zero-order valence-corrected chi connectivity index (χ0v) is 12.4. The first kappa shape index (κ1) is 17.2. The van der Waals surface area contributed by atoms with Crippen molar-refractivity contribution in [2.45, 2.75) is 32.2 Å². The van der Waals surface area contributed by atoms with E-state index in [1.807, 2.05) is 0 Å². The maximum absolute atomic E-state index is 12.1. The number of rotatable bonds is 7. The van der Waals surface area contributed by atoms with Gasteiger partial charge in [-0.25, -0.2) is 0 Å². The molecule has 1 aromatic rings. The Morgan fingerprint density at radius 3 is 2.41 bits per heavy atom. The number of terminal acetylenes is 1. The summed E-state index contributed by atoms with van der Waals surface area (Å²) in [4.78, 5) is 34.3. The van der Waals surface area contributed by atoms with Crippen LogP contribution in [0.1, 0.15) is 36.5 Å². The standard InChI is InChI=1S/C16H19N3O3/c1-3-4-5-6-14(15(17)21)19-16(22)12-7-9-13(10-8-12)18-11(2)20/h1,7-10,14H,4-6H2,2H3,(H2,17,21)(H,18,20)(H,19,22)/t14-/m1/s1. The van der Waals surface area contributed by atoms with Gasteiger partial charge in [-0.2, -0.15) is 0 Å². The summed E-state index contributed by atoms with van der Waals surface area (Å²) in [5.41, 5.74) is 6.23. The van der Waals surface area contributed by atoms with E-state index >= 15 is 0 Å². The van der Waals surface area contributed by atoms with Crippen molar-refractivity contribution in [1.29, 1.82) is 0 Å². The van der Waals surface area contributed by atoms with Gasteiger partial charge in [0.15, 0.2) is 0 Å². The van der Waals surface area contributed by atoms with Crippen LogP contribution in [0.25, 0.3) is 0 Å². The lowest BCUT2D eigenvalue weighted by molar-refractivity contribution is -0.120. The average Bonchev–Trinajstić information content (AvgIpc) is 2.46. The lowest BCUT2D eigenvalue weighted by Crippen LogP contribution is -2.44. The average molecular weight is 301 g/mol. The van der Waals surface area contributed by atoms with Crippen LogP contribution >= 0.6 is 0 Å². The molecule has 0 saturated heterocycles. The molecule has 0 spiro atoms. The Morgan fingerprint density at radius 2 is 1.91 bits per heavy atom. The number of nitrogens with one attached hydrogen (secondary N) is 2. The summed E-state index contributed by atoms with van der Waals surface area (Å²) in [6.07, 6.45) is 6.67. The van der Waals surface area contributed by atoms with E-state index in [2.05, 4.69) is 16.6 Å². The highest BCUT2D eigenvalue weighted by Crippen LogP contribution is 2.10. The van der Waals surface area contributed by atoms with E-state index < -0.39 is 17.9 Å². The first-order valence-corrected chi connectivity index (χ1v) is 6.85. The molecule has 0 aliphatic carbocycles. The van der Waals surface area contributed by atoms with Gasteiger partial charge in [-0.3, -0.25) is 14.4 Å². The number of carbonyl (C=O) groups is 3. The van der Waals surface area contributed by atoms with Gasteiger partial charge in [0.2, 0.25) is 11.8 Å². The summed E-state index contributed by atoms with van der Waals surface area (Å²) in [5.74, 6) is 1.27. The number of hydrogen-bond donors (Lipinski definition) is 3. The Balaban J connectivity index is 2.67. The van der Waals surface area contributed by atoms with Crippen LogP contribution in [0.15, 0.2) is 24.3 Å². The molecular weight excluding hydrogens is 282 g/mol. The Morgan fingerprint density at radius 1 is 1.27 bits per heavy atom. The molecule has 0 unspecified atom stereocenters. The monoisotopic (exact) mass is 301 g/mol. The van der Waals surface area contributed by atoms with E-state index in [4.69, 9.17) is 12.2 Å². The summed E-state index contributed by atoms with van der Waals surface area (Å²) >= 11 is 0. The maximum atomic E-state index is 12.1. The molecule has 1 aromatic carbocycles. The van der Waals surface area contributed by atoms with Crippen molar-refractivity contribution in [3.63, 3.8) is 0 Å². The highest BCUT2D eigenvalue weighted by molar-refractivity contribution is 5.98. The van der Waals surface area contributed by atoms with Gasteiger partial charge in [0, 0.05) is 24.6 Å². The third kappa shape index (κ3) is 5.67. The van der Waals surface area contributed by atoms with Gasteiger partial charge in [-0.05, 0) is 37.1 Å². The van der Waals surface area contributed by atoms with Gasteiger partial charge >= 0.3 is 0 Å². The second-order valence-corrected chi connectivity index (χ2v) is 4.78. The molecule has 6 nitrogen and oxygen atoms in total. The predicted molar refractivity (Wildman–Crippen MR) is 83.9 cm³/mol. The summed E-state index contributed by atoms with van der Waals surface area (Å²) in [7, 11) is 0. The van der Waals surface area contributed by atoms with Crippen molar-refractivity contribution in [2.75, 3.05) is 5.32 Å². The molecule has 22 heavy (non-hydrogen) atoms. The minimum atomic E-state index is -0.754.